The minimum absolute atomic E-state index is 0.289. The topological polar surface area (TPSA) is 50.2 Å². The second kappa shape index (κ2) is 4.72. The number of halogens is 1. The first-order chi connectivity index (χ1) is 6.09. The van der Waals surface area contributed by atoms with Crippen LogP contribution in [0.25, 0.3) is 0 Å². The third kappa shape index (κ3) is 3.44. The van der Waals surface area contributed by atoms with Crippen LogP contribution in [-0.2, 0) is 11.2 Å². The third-order valence-electron chi connectivity index (χ3n) is 1.74. The number of carboxylic acid groups (broad SMARTS) is 1. The lowest BCUT2D eigenvalue weighted by atomic mass is 10.1. The van der Waals surface area contributed by atoms with Crippen molar-refractivity contribution in [2.24, 2.45) is 5.92 Å². The molecule has 0 radical (unpaired) electrons. The molecule has 1 aromatic heterocycles. The Bertz CT molecular complexity index is 300. The predicted molar refractivity (Wildman–Crippen MR) is 54.9 cm³/mol. The molecule has 1 heterocycles. The Morgan fingerprint density at radius 2 is 2.54 bits per heavy atom. The van der Waals surface area contributed by atoms with E-state index in [2.05, 4.69) is 20.9 Å². The fourth-order valence-corrected chi connectivity index (χ4v) is 2.19. The van der Waals surface area contributed by atoms with Gasteiger partial charge < -0.3 is 5.11 Å². The number of carboxylic acids is 1. The van der Waals surface area contributed by atoms with Gasteiger partial charge in [-0.1, -0.05) is 6.92 Å². The van der Waals surface area contributed by atoms with Crippen LogP contribution in [0, 0.1) is 5.92 Å². The number of aliphatic carboxylic acids is 1. The van der Waals surface area contributed by atoms with Gasteiger partial charge in [-0.05, 0) is 22.4 Å². The number of hydrogen-bond donors (Lipinski definition) is 1. The van der Waals surface area contributed by atoms with Gasteiger partial charge >= 0.3 is 5.97 Å². The number of hydrogen-bond acceptors (Lipinski definition) is 3. The molecule has 0 amide bonds. The summed E-state index contributed by atoms with van der Waals surface area (Å²) in [7, 11) is 0. The summed E-state index contributed by atoms with van der Waals surface area (Å²) in [6.07, 6.45) is 3.13. The first-order valence-corrected chi connectivity index (χ1v) is 5.53. The van der Waals surface area contributed by atoms with E-state index < -0.39 is 5.97 Å². The summed E-state index contributed by atoms with van der Waals surface area (Å²) in [5.74, 6) is -1.03. The molecular weight excluding hydrogens is 254 g/mol. The van der Waals surface area contributed by atoms with Gasteiger partial charge in [0.1, 0.15) is 0 Å². The largest absolute Gasteiger partial charge is 0.481 e. The minimum Gasteiger partial charge on any atom is -0.481 e. The molecule has 0 fully saturated rings. The van der Waals surface area contributed by atoms with Crippen molar-refractivity contribution in [1.29, 1.82) is 0 Å². The van der Waals surface area contributed by atoms with E-state index >= 15 is 0 Å². The summed E-state index contributed by atoms with van der Waals surface area (Å²) in [5.41, 5.74) is 0. The van der Waals surface area contributed by atoms with Gasteiger partial charge in [0.2, 0.25) is 0 Å². The molecule has 0 saturated heterocycles. The van der Waals surface area contributed by atoms with E-state index in [1.807, 2.05) is 0 Å². The van der Waals surface area contributed by atoms with Crippen LogP contribution >= 0.6 is 27.3 Å². The molecule has 3 nitrogen and oxygen atoms in total. The normalized spacial score (nSPS) is 12.8. The summed E-state index contributed by atoms with van der Waals surface area (Å²) in [6, 6.07) is 0. The Balaban J connectivity index is 2.39. The van der Waals surface area contributed by atoms with Crippen LogP contribution in [0.5, 0.6) is 0 Å². The van der Waals surface area contributed by atoms with Crippen molar-refractivity contribution >= 4 is 33.2 Å². The minimum atomic E-state index is -0.740. The van der Waals surface area contributed by atoms with Gasteiger partial charge in [-0.25, -0.2) is 4.98 Å². The van der Waals surface area contributed by atoms with Crippen molar-refractivity contribution in [3.05, 3.63) is 15.0 Å². The van der Waals surface area contributed by atoms with E-state index in [1.165, 1.54) is 0 Å². The highest BCUT2D eigenvalue weighted by Gasteiger charge is 2.11. The van der Waals surface area contributed by atoms with Crippen LogP contribution in [0.4, 0.5) is 0 Å². The molecule has 1 aromatic rings. The molecule has 1 rings (SSSR count). The Morgan fingerprint density at radius 1 is 1.85 bits per heavy atom. The van der Waals surface area contributed by atoms with Crippen molar-refractivity contribution in [1.82, 2.24) is 4.98 Å². The van der Waals surface area contributed by atoms with E-state index in [9.17, 15) is 4.79 Å². The van der Waals surface area contributed by atoms with Gasteiger partial charge in [0.25, 0.3) is 0 Å². The molecule has 72 valence electrons. The van der Waals surface area contributed by atoms with Crippen molar-refractivity contribution in [2.75, 3.05) is 0 Å². The molecule has 0 aliphatic rings. The standard InChI is InChI=1S/C8H10BrNO2S/c1-5(8(11)12)2-3-7-10-4-6(9)13-7/h4-5H,2-3H2,1H3,(H,11,12). The Labute approximate surface area is 88.9 Å². The zero-order valence-electron chi connectivity index (χ0n) is 7.16. The summed E-state index contributed by atoms with van der Waals surface area (Å²) in [6.45, 7) is 1.71. The quantitative estimate of drug-likeness (QED) is 0.909. The molecular formula is C8H10BrNO2S. The highest BCUT2D eigenvalue weighted by molar-refractivity contribution is 9.11. The number of thiazole rings is 1. The van der Waals surface area contributed by atoms with E-state index in [0.717, 1.165) is 15.2 Å². The van der Waals surface area contributed by atoms with Crippen LogP contribution in [-0.4, -0.2) is 16.1 Å². The van der Waals surface area contributed by atoms with Gasteiger partial charge in [0, 0.05) is 6.42 Å². The fourth-order valence-electron chi connectivity index (χ4n) is 0.867. The first-order valence-electron chi connectivity index (χ1n) is 3.92. The lowest BCUT2D eigenvalue weighted by Crippen LogP contribution is -2.10. The van der Waals surface area contributed by atoms with Crippen LogP contribution in [0.15, 0.2) is 9.98 Å². The first kappa shape index (κ1) is 10.7. The van der Waals surface area contributed by atoms with Crippen molar-refractivity contribution in [3.63, 3.8) is 0 Å². The SMILES string of the molecule is CC(CCc1ncc(Br)s1)C(=O)O. The number of nitrogens with zero attached hydrogens (tertiary/aromatic N) is 1. The summed E-state index contributed by atoms with van der Waals surface area (Å²) >= 11 is 4.86. The molecule has 1 atom stereocenters. The van der Waals surface area contributed by atoms with Gasteiger partial charge in [-0.3, -0.25) is 4.79 Å². The molecule has 0 aromatic carbocycles. The molecule has 0 aliphatic heterocycles. The zero-order chi connectivity index (χ0) is 9.84. The molecule has 0 aliphatic carbocycles. The lowest BCUT2D eigenvalue weighted by Gasteiger charge is -2.02. The summed E-state index contributed by atoms with van der Waals surface area (Å²) < 4.78 is 0.991. The third-order valence-corrected chi connectivity index (χ3v) is 3.27. The number of rotatable bonds is 4. The van der Waals surface area contributed by atoms with Crippen molar-refractivity contribution in [2.45, 2.75) is 19.8 Å². The fraction of sp³-hybridized carbons (Fsp3) is 0.500. The average molecular weight is 264 g/mol. The Kier molecular flexibility index (Phi) is 3.87. The number of aryl methyl sites for hydroxylation is 1. The van der Waals surface area contributed by atoms with Crippen LogP contribution in [0.1, 0.15) is 18.4 Å². The van der Waals surface area contributed by atoms with Gasteiger partial charge in [0.15, 0.2) is 0 Å². The number of aromatic nitrogens is 1. The summed E-state index contributed by atoms with van der Waals surface area (Å²) in [4.78, 5) is 14.6. The average Bonchev–Trinajstić information content (AvgIpc) is 2.47. The van der Waals surface area contributed by atoms with E-state index in [1.54, 1.807) is 24.5 Å². The van der Waals surface area contributed by atoms with Gasteiger partial charge in [-0.2, -0.15) is 0 Å². The highest BCUT2D eigenvalue weighted by Crippen LogP contribution is 2.21. The number of carbonyl (C=O) groups is 1. The molecule has 1 unspecified atom stereocenters. The maximum atomic E-state index is 10.5. The molecule has 1 N–H and O–H groups in total. The monoisotopic (exact) mass is 263 g/mol. The molecule has 0 bridgehead atoms. The lowest BCUT2D eigenvalue weighted by molar-refractivity contribution is -0.141. The van der Waals surface area contributed by atoms with Crippen LogP contribution in [0.2, 0.25) is 0 Å². The molecule has 0 spiro atoms. The highest BCUT2D eigenvalue weighted by atomic mass is 79.9. The van der Waals surface area contributed by atoms with E-state index in [-0.39, 0.29) is 5.92 Å². The van der Waals surface area contributed by atoms with E-state index in [0.29, 0.717) is 6.42 Å². The maximum Gasteiger partial charge on any atom is 0.306 e. The molecule has 13 heavy (non-hydrogen) atoms. The smallest absolute Gasteiger partial charge is 0.306 e. The zero-order valence-corrected chi connectivity index (χ0v) is 9.56. The van der Waals surface area contributed by atoms with Crippen LogP contribution in [0.3, 0.4) is 0 Å². The Hall–Kier alpha value is -0.420. The van der Waals surface area contributed by atoms with Crippen molar-refractivity contribution < 1.29 is 9.90 Å². The second-order valence-electron chi connectivity index (χ2n) is 2.84. The Morgan fingerprint density at radius 3 is 3.00 bits per heavy atom. The van der Waals surface area contributed by atoms with Gasteiger partial charge in [-0.15, -0.1) is 11.3 Å². The molecule has 5 heteroatoms. The predicted octanol–water partition coefficient (Wildman–Crippen LogP) is 2.56. The summed E-state index contributed by atoms with van der Waals surface area (Å²) in [5, 5.41) is 9.63. The van der Waals surface area contributed by atoms with E-state index in [4.69, 9.17) is 5.11 Å². The van der Waals surface area contributed by atoms with Crippen LogP contribution < -0.4 is 0 Å². The second-order valence-corrected chi connectivity index (χ2v) is 5.33. The maximum absolute atomic E-state index is 10.5. The van der Waals surface area contributed by atoms with Gasteiger partial charge in [0.05, 0.1) is 20.9 Å². The van der Waals surface area contributed by atoms with Crippen molar-refractivity contribution in [3.8, 4) is 0 Å². The molecule has 0 saturated carbocycles.